The van der Waals surface area contributed by atoms with Gasteiger partial charge in [0.15, 0.2) is 11.5 Å². The number of nitrogens with zero attached hydrogens (tertiary/aromatic N) is 4. The van der Waals surface area contributed by atoms with Crippen molar-refractivity contribution in [3.8, 4) is 11.4 Å². The third-order valence-electron chi connectivity index (χ3n) is 2.59. The molecule has 2 heterocycles. The van der Waals surface area contributed by atoms with Gasteiger partial charge in [0.1, 0.15) is 5.15 Å². The van der Waals surface area contributed by atoms with Crippen LogP contribution in [0.2, 0.25) is 5.15 Å². The third kappa shape index (κ3) is 1.89. The van der Waals surface area contributed by atoms with E-state index in [1.54, 1.807) is 16.6 Å². The first-order valence-corrected chi connectivity index (χ1v) is 6.47. The van der Waals surface area contributed by atoms with Crippen molar-refractivity contribution in [2.24, 2.45) is 0 Å². The van der Waals surface area contributed by atoms with Gasteiger partial charge in [-0.15, -0.1) is 10.2 Å². The predicted molar refractivity (Wildman–Crippen MR) is 73.7 cm³/mol. The Kier molecular flexibility index (Phi) is 2.80. The molecule has 3 rings (SSSR count). The van der Waals surface area contributed by atoms with Gasteiger partial charge in [0.05, 0.1) is 0 Å². The van der Waals surface area contributed by atoms with E-state index in [2.05, 4.69) is 31.2 Å². The third-order valence-corrected chi connectivity index (χ3v) is 3.49. The predicted octanol–water partition coefficient (Wildman–Crippen LogP) is 3.52. The van der Waals surface area contributed by atoms with Crippen molar-refractivity contribution in [1.29, 1.82) is 0 Å². The van der Waals surface area contributed by atoms with Crippen molar-refractivity contribution in [3.63, 3.8) is 0 Å². The number of hydrogen-bond donors (Lipinski definition) is 0. The lowest BCUT2D eigenvalue weighted by Crippen LogP contribution is -1.95. The van der Waals surface area contributed by atoms with Crippen LogP contribution in [0.3, 0.4) is 0 Å². The lowest BCUT2D eigenvalue weighted by molar-refractivity contribution is 0.935. The van der Waals surface area contributed by atoms with Gasteiger partial charge in [0.2, 0.25) is 0 Å². The van der Waals surface area contributed by atoms with E-state index >= 15 is 0 Å². The summed E-state index contributed by atoms with van der Waals surface area (Å²) in [5.74, 6) is 0.670. The van der Waals surface area contributed by atoms with Gasteiger partial charge in [0, 0.05) is 10.0 Å². The minimum absolute atomic E-state index is 0.410. The highest BCUT2D eigenvalue weighted by molar-refractivity contribution is 9.10. The summed E-state index contributed by atoms with van der Waals surface area (Å²) in [4.78, 5) is 0. The van der Waals surface area contributed by atoms with E-state index in [0.717, 1.165) is 15.6 Å². The normalized spacial score (nSPS) is 11.1. The molecule has 0 amide bonds. The number of benzene rings is 1. The van der Waals surface area contributed by atoms with E-state index in [4.69, 9.17) is 11.6 Å². The van der Waals surface area contributed by atoms with Crippen molar-refractivity contribution in [2.75, 3.05) is 0 Å². The van der Waals surface area contributed by atoms with Crippen LogP contribution in [0.1, 0.15) is 5.56 Å². The Balaban J connectivity index is 2.31. The van der Waals surface area contributed by atoms with Gasteiger partial charge in [-0.3, -0.25) is 0 Å². The highest BCUT2D eigenvalue weighted by atomic mass is 79.9. The molecule has 0 atom stereocenters. The number of aromatic nitrogens is 4. The van der Waals surface area contributed by atoms with Gasteiger partial charge in [0.25, 0.3) is 0 Å². The molecule has 0 aliphatic rings. The summed E-state index contributed by atoms with van der Waals surface area (Å²) in [5.41, 5.74) is 2.76. The molecular formula is C12H8BrClN4. The minimum atomic E-state index is 0.410. The summed E-state index contributed by atoms with van der Waals surface area (Å²) < 4.78 is 2.59. The van der Waals surface area contributed by atoms with Crippen LogP contribution < -0.4 is 0 Å². The molecule has 0 N–H and O–H groups in total. The van der Waals surface area contributed by atoms with Crippen LogP contribution in [0.25, 0.3) is 17.0 Å². The second-order valence-corrected chi connectivity index (χ2v) is 5.17. The van der Waals surface area contributed by atoms with Gasteiger partial charge >= 0.3 is 0 Å². The molecule has 0 aliphatic heterocycles. The summed E-state index contributed by atoms with van der Waals surface area (Å²) in [6.07, 6.45) is 0. The zero-order chi connectivity index (χ0) is 12.7. The largest absolute Gasteiger partial charge is 0.191 e. The van der Waals surface area contributed by atoms with E-state index in [1.165, 1.54) is 0 Å². The molecule has 0 aliphatic carbocycles. The molecular weight excluding hydrogens is 316 g/mol. The van der Waals surface area contributed by atoms with E-state index < -0.39 is 0 Å². The monoisotopic (exact) mass is 322 g/mol. The molecule has 3 aromatic rings. The molecule has 0 unspecified atom stereocenters. The molecule has 1 aromatic carbocycles. The van der Waals surface area contributed by atoms with Crippen LogP contribution >= 0.6 is 27.5 Å². The number of rotatable bonds is 1. The number of hydrogen-bond acceptors (Lipinski definition) is 3. The summed E-state index contributed by atoms with van der Waals surface area (Å²) in [5, 5.41) is 12.9. The molecule has 0 fully saturated rings. The quantitative estimate of drug-likeness (QED) is 0.688. The lowest BCUT2D eigenvalue weighted by atomic mass is 10.1. The minimum Gasteiger partial charge on any atom is -0.191 e. The number of halogens is 2. The Hall–Kier alpha value is -1.46. The molecule has 2 aromatic heterocycles. The van der Waals surface area contributed by atoms with Crippen LogP contribution in [0.15, 0.2) is 34.8 Å². The molecule has 0 saturated carbocycles. The fourth-order valence-electron chi connectivity index (χ4n) is 1.74. The molecule has 18 heavy (non-hydrogen) atoms. The van der Waals surface area contributed by atoms with E-state index in [-0.39, 0.29) is 0 Å². The summed E-state index contributed by atoms with van der Waals surface area (Å²) in [6.45, 7) is 2.03. The molecule has 6 heteroatoms. The van der Waals surface area contributed by atoms with Crippen molar-refractivity contribution >= 4 is 33.2 Å². The van der Waals surface area contributed by atoms with Crippen LogP contribution in [0, 0.1) is 6.92 Å². The smallest absolute Gasteiger partial charge is 0.186 e. The first kappa shape index (κ1) is 11.6. The van der Waals surface area contributed by atoms with E-state index in [9.17, 15) is 0 Å². The Morgan fingerprint density at radius 2 is 2.00 bits per heavy atom. The standard InChI is InChI=1S/C12H8BrClN4/c1-7-2-3-9(13)8(6-7)12-16-15-11-5-4-10(14)17-18(11)12/h2-6H,1H3. The fraction of sp³-hybridized carbons (Fsp3) is 0.0833. The second-order valence-electron chi connectivity index (χ2n) is 3.93. The summed E-state index contributed by atoms with van der Waals surface area (Å²) in [7, 11) is 0. The zero-order valence-corrected chi connectivity index (χ0v) is 11.8. The molecule has 0 radical (unpaired) electrons. The Morgan fingerprint density at radius 1 is 1.17 bits per heavy atom. The topological polar surface area (TPSA) is 43.1 Å². The molecule has 4 nitrogen and oxygen atoms in total. The molecule has 90 valence electrons. The summed E-state index contributed by atoms with van der Waals surface area (Å²) in [6, 6.07) is 9.52. The average Bonchev–Trinajstić information content (AvgIpc) is 2.75. The summed E-state index contributed by atoms with van der Waals surface area (Å²) >= 11 is 9.42. The number of fused-ring (bicyclic) bond motifs is 1. The van der Waals surface area contributed by atoms with Crippen molar-refractivity contribution in [1.82, 2.24) is 19.8 Å². The Bertz CT molecular complexity index is 738. The zero-order valence-electron chi connectivity index (χ0n) is 9.43. The van der Waals surface area contributed by atoms with Crippen molar-refractivity contribution < 1.29 is 0 Å². The average molecular weight is 324 g/mol. The lowest BCUT2D eigenvalue weighted by Gasteiger charge is -2.03. The number of aryl methyl sites for hydroxylation is 1. The van der Waals surface area contributed by atoms with Crippen LogP contribution in [-0.2, 0) is 0 Å². The highest BCUT2D eigenvalue weighted by Crippen LogP contribution is 2.28. The van der Waals surface area contributed by atoms with Crippen LogP contribution in [0.4, 0.5) is 0 Å². The Labute approximate surface area is 117 Å². The first-order chi connectivity index (χ1) is 8.65. The maximum absolute atomic E-state index is 5.91. The van der Waals surface area contributed by atoms with E-state index in [0.29, 0.717) is 16.6 Å². The molecule has 0 saturated heterocycles. The van der Waals surface area contributed by atoms with Gasteiger partial charge in [-0.25, -0.2) is 0 Å². The maximum atomic E-state index is 5.91. The van der Waals surface area contributed by atoms with Crippen LogP contribution in [0.5, 0.6) is 0 Å². The second kappa shape index (κ2) is 4.33. The first-order valence-electron chi connectivity index (χ1n) is 5.29. The molecule has 0 spiro atoms. The van der Waals surface area contributed by atoms with E-state index in [1.807, 2.05) is 25.1 Å². The maximum Gasteiger partial charge on any atom is 0.186 e. The van der Waals surface area contributed by atoms with Crippen molar-refractivity contribution in [3.05, 3.63) is 45.5 Å². The van der Waals surface area contributed by atoms with Gasteiger partial charge in [-0.05, 0) is 31.2 Å². The van der Waals surface area contributed by atoms with Gasteiger partial charge in [-0.1, -0.05) is 39.2 Å². The molecule has 0 bridgehead atoms. The fourth-order valence-corrected chi connectivity index (χ4v) is 2.31. The van der Waals surface area contributed by atoms with Gasteiger partial charge < -0.3 is 0 Å². The van der Waals surface area contributed by atoms with Gasteiger partial charge in [-0.2, -0.15) is 9.61 Å². The Morgan fingerprint density at radius 3 is 2.83 bits per heavy atom. The van der Waals surface area contributed by atoms with Crippen LogP contribution in [-0.4, -0.2) is 19.8 Å². The highest BCUT2D eigenvalue weighted by Gasteiger charge is 2.12. The van der Waals surface area contributed by atoms with Crippen molar-refractivity contribution in [2.45, 2.75) is 6.92 Å². The SMILES string of the molecule is Cc1ccc(Br)c(-c2nnc3ccc(Cl)nn23)c1.